The van der Waals surface area contributed by atoms with Crippen molar-refractivity contribution < 1.29 is 17.9 Å². The smallest absolute Gasteiger partial charge is 0.344 e. The van der Waals surface area contributed by atoms with Crippen molar-refractivity contribution >= 4 is 32.6 Å². The van der Waals surface area contributed by atoms with E-state index in [9.17, 15) is 13.2 Å². The molecule has 0 radical (unpaired) electrons. The standard InChI is InChI=1S/C21H17N3O4S/c1-14-5-4-8-17(11-14)21(25)28-20-13-19(22)24(23-20)29(26,27)18-10-9-15-6-2-3-7-16(15)12-18/h2-13H,22H2,1H3. The molecule has 146 valence electrons. The van der Waals surface area contributed by atoms with E-state index in [1.54, 1.807) is 30.3 Å². The lowest BCUT2D eigenvalue weighted by Crippen LogP contribution is -2.17. The Hall–Kier alpha value is -3.65. The number of nitrogen functional groups attached to an aromatic ring is 1. The Morgan fingerprint density at radius 2 is 1.72 bits per heavy atom. The van der Waals surface area contributed by atoms with Crippen LogP contribution < -0.4 is 10.5 Å². The summed E-state index contributed by atoms with van der Waals surface area (Å²) in [6, 6.07) is 20.2. The number of hydrogen-bond acceptors (Lipinski definition) is 6. The molecule has 0 fully saturated rings. The number of carbonyl (C=O) groups is 1. The van der Waals surface area contributed by atoms with Gasteiger partial charge in [0.2, 0.25) is 5.88 Å². The van der Waals surface area contributed by atoms with Gasteiger partial charge in [-0.1, -0.05) is 48.0 Å². The van der Waals surface area contributed by atoms with Crippen LogP contribution in [0.1, 0.15) is 15.9 Å². The Labute approximate surface area is 167 Å². The molecule has 1 aromatic heterocycles. The van der Waals surface area contributed by atoms with E-state index in [2.05, 4.69) is 5.10 Å². The van der Waals surface area contributed by atoms with Gasteiger partial charge in [-0.15, -0.1) is 9.19 Å². The zero-order valence-electron chi connectivity index (χ0n) is 15.4. The summed E-state index contributed by atoms with van der Waals surface area (Å²) in [6.45, 7) is 1.85. The summed E-state index contributed by atoms with van der Waals surface area (Å²) in [5, 5.41) is 5.57. The van der Waals surface area contributed by atoms with E-state index in [1.807, 2.05) is 37.3 Å². The van der Waals surface area contributed by atoms with E-state index in [-0.39, 0.29) is 16.6 Å². The lowest BCUT2D eigenvalue weighted by atomic mass is 10.1. The predicted octanol–water partition coefficient (Wildman–Crippen LogP) is 3.38. The van der Waals surface area contributed by atoms with E-state index in [0.717, 1.165) is 16.3 Å². The molecule has 1 heterocycles. The average Bonchev–Trinajstić information content (AvgIpc) is 3.08. The van der Waals surface area contributed by atoms with Gasteiger partial charge in [-0.2, -0.15) is 8.42 Å². The number of nitrogens with zero attached hydrogens (tertiary/aromatic N) is 2. The molecule has 0 aliphatic carbocycles. The molecule has 0 atom stereocenters. The first-order chi connectivity index (χ1) is 13.8. The number of esters is 1. The SMILES string of the molecule is Cc1cccc(C(=O)Oc2cc(N)n(S(=O)(=O)c3ccc4ccccc4c3)n2)c1. The molecule has 0 aliphatic rings. The van der Waals surface area contributed by atoms with Crippen LogP contribution in [0.3, 0.4) is 0 Å². The number of rotatable bonds is 4. The van der Waals surface area contributed by atoms with Gasteiger partial charge < -0.3 is 10.5 Å². The maximum atomic E-state index is 13.0. The van der Waals surface area contributed by atoms with E-state index in [4.69, 9.17) is 10.5 Å². The quantitative estimate of drug-likeness (QED) is 0.520. The van der Waals surface area contributed by atoms with E-state index in [0.29, 0.717) is 9.65 Å². The number of anilines is 1. The van der Waals surface area contributed by atoms with Crippen molar-refractivity contribution in [1.82, 2.24) is 9.19 Å². The van der Waals surface area contributed by atoms with Gasteiger partial charge in [-0.3, -0.25) is 0 Å². The number of nitrogens with two attached hydrogens (primary N) is 1. The second-order valence-corrected chi connectivity index (χ2v) is 8.29. The third kappa shape index (κ3) is 3.57. The lowest BCUT2D eigenvalue weighted by Gasteiger charge is -2.07. The van der Waals surface area contributed by atoms with Crippen LogP contribution in [-0.2, 0) is 10.0 Å². The molecule has 0 spiro atoms. The molecule has 0 saturated carbocycles. The highest BCUT2D eigenvalue weighted by molar-refractivity contribution is 7.90. The maximum absolute atomic E-state index is 13.0. The Morgan fingerprint density at radius 3 is 2.48 bits per heavy atom. The number of aromatic nitrogens is 2. The molecule has 0 unspecified atom stereocenters. The fraction of sp³-hybridized carbons (Fsp3) is 0.0476. The summed E-state index contributed by atoms with van der Waals surface area (Å²) >= 11 is 0. The average molecular weight is 407 g/mol. The molecular weight excluding hydrogens is 390 g/mol. The minimum absolute atomic E-state index is 0.0301. The fourth-order valence-corrected chi connectivity index (χ4v) is 4.19. The minimum Gasteiger partial charge on any atom is -0.402 e. The third-order valence-corrected chi connectivity index (χ3v) is 5.98. The van der Waals surface area contributed by atoms with Crippen LogP contribution >= 0.6 is 0 Å². The van der Waals surface area contributed by atoms with Crippen molar-refractivity contribution in [3.63, 3.8) is 0 Å². The Bertz CT molecular complexity index is 1340. The summed E-state index contributed by atoms with van der Waals surface area (Å²) in [4.78, 5) is 12.3. The number of hydrogen-bond donors (Lipinski definition) is 1. The molecule has 7 nitrogen and oxygen atoms in total. The van der Waals surface area contributed by atoms with Crippen molar-refractivity contribution in [1.29, 1.82) is 0 Å². The van der Waals surface area contributed by atoms with Crippen LogP contribution in [0.4, 0.5) is 5.82 Å². The summed E-state index contributed by atoms with van der Waals surface area (Å²) in [6.07, 6.45) is 0. The first-order valence-corrected chi connectivity index (χ1v) is 10.2. The molecule has 0 bridgehead atoms. The summed E-state index contributed by atoms with van der Waals surface area (Å²) in [5.41, 5.74) is 7.07. The largest absolute Gasteiger partial charge is 0.402 e. The Morgan fingerprint density at radius 1 is 0.966 bits per heavy atom. The summed E-state index contributed by atoms with van der Waals surface area (Å²) < 4.78 is 31.8. The molecule has 0 aliphatic heterocycles. The highest BCUT2D eigenvalue weighted by Crippen LogP contribution is 2.24. The molecule has 3 aromatic carbocycles. The molecule has 2 N–H and O–H groups in total. The maximum Gasteiger partial charge on any atom is 0.344 e. The van der Waals surface area contributed by atoms with Crippen LogP contribution in [0.2, 0.25) is 0 Å². The van der Waals surface area contributed by atoms with Crippen molar-refractivity contribution in [3.8, 4) is 5.88 Å². The summed E-state index contributed by atoms with van der Waals surface area (Å²) in [5.74, 6) is -1.01. The number of carbonyl (C=O) groups excluding carboxylic acids is 1. The zero-order chi connectivity index (χ0) is 20.6. The highest BCUT2D eigenvalue weighted by atomic mass is 32.2. The van der Waals surface area contributed by atoms with Gasteiger partial charge in [0.05, 0.1) is 10.5 Å². The highest BCUT2D eigenvalue weighted by Gasteiger charge is 2.23. The number of fused-ring (bicyclic) bond motifs is 1. The second kappa shape index (κ2) is 7.06. The van der Waals surface area contributed by atoms with Crippen molar-refractivity contribution in [2.45, 2.75) is 11.8 Å². The normalized spacial score (nSPS) is 11.5. The number of aryl methyl sites for hydroxylation is 1. The van der Waals surface area contributed by atoms with Crippen LogP contribution in [0, 0.1) is 6.92 Å². The minimum atomic E-state index is -4.06. The topological polar surface area (TPSA) is 104 Å². The van der Waals surface area contributed by atoms with Gasteiger partial charge in [0.1, 0.15) is 5.82 Å². The van der Waals surface area contributed by atoms with Gasteiger partial charge in [0, 0.05) is 6.07 Å². The lowest BCUT2D eigenvalue weighted by molar-refractivity contribution is 0.0727. The fourth-order valence-electron chi connectivity index (χ4n) is 2.95. The summed E-state index contributed by atoms with van der Waals surface area (Å²) in [7, 11) is -4.06. The van der Waals surface area contributed by atoms with Crippen LogP contribution in [0.5, 0.6) is 5.88 Å². The first kappa shape index (κ1) is 18.7. The Balaban J connectivity index is 1.66. The van der Waals surface area contributed by atoms with Crippen molar-refractivity contribution in [2.75, 3.05) is 5.73 Å². The predicted molar refractivity (Wildman–Crippen MR) is 109 cm³/mol. The van der Waals surface area contributed by atoms with Gasteiger partial charge >= 0.3 is 5.97 Å². The number of benzene rings is 3. The van der Waals surface area contributed by atoms with Gasteiger partial charge in [-0.05, 0) is 42.0 Å². The number of ether oxygens (including phenoxy) is 1. The zero-order valence-corrected chi connectivity index (χ0v) is 16.3. The third-order valence-electron chi connectivity index (χ3n) is 4.38. The second-order valence-electron chi connectivity index (χ2n) is 6.52. The Kier molecular flexibility index (Phi) is 4.56. The molecule has 8 heteroatoms. The van der Waals surface area contributed by atoms with Crippen LogP contribution in [0.25, 0.3) is 10.8 Å². The van der Waals surface area contributed by atoms with Gasteiger partial charge in [0.25, 0.3) is 10.0 Å². The van der Waals surface area contributed by atoms with Gasteiger partial charge in [0.15, 0.2) is 0 Å². The van der Waals surface area contributed by atoms with E-state index < -0.39 is 16.0 Å². The van der Waals surface area contributed by atoms with Crippen molar-refractivity contribution in [2.24, 2.45) is 0 Å². The monoisotopic (exact) mass is 407 g/mol. The van der Waals surface area contributed by atoms with Crippen LogP contribution in [-0.4, -0.2) is 23.6 Å². The molecule has 4 rings (SSSR count). The molecule has 4 aromatic rings. The van der Waals surface area contributed by atoms with Gasteiger partial charge in [-0.25, -0.2) is 4.79 Å². The van der Waals surface area contributed by atoms with Crippen molar-refractivity contribution in [3.05, 3.63) is 83.9 Å². The van der Waals surface area contributed by atoms with E-state index in [1.165, 1.54) is 12.1 Å². The molecule has 0 saturated heterocycles. The first-order valence-electron chi connectivity index (χ1n) is 8.73. The molecular formula is C21H17N3O4S. The van der Waals surface area contributed by atoms with E-state index >= 15 is 0 Å². The molecule has 0 amide bonds. The van der Waals surface area contributed by atoms with Crippen LogP contribution in [0.15, 0.2) is 77.7 Å². The molecule has 29 heavy (non-hydrogen) atoms.